The molecule has 0 unspecified atom stereocenters. The molecule has 0 bridgehead atoms. The van der Waals surface area contributed by atoms with Gasteiger partial charge in [0.1, 0.15) is 5.69 Å². The van der Waals surface area contributed by atoms with E-state index in [1.807, 2.05) is 0 Å². The third-order valence-corrected chi connectivity index (χ3v) is 1.52. The Hall–Kier alpha value is -2.24. The summed E-state index contributed by atoms with van der Waals surface area (Å²) in [6.45, 7) is 0. The van der Waals surface area contributed by atoms with Crippen LogP contribution in [0, 0.1) is 0 Å². The fourth-order valence-electron chi connectivity index (χ4n) is 0.916. The van der Waals surface area contributed by atoms with Crippen molar-refractivity contribution in [1.29, 1.82) is 0 Å². The molecule has 2 heterocycles. The maximum atomic E-state index is 10.7. The number of amides is 1. The van der Waals surface area contributed by atoms with E-state index in [1.54, 1.807) is 24.4 Å². The highest BCUT2D eigenvalue weighted by molar-refractivity contribution is 5.87. The van der Waals surface area contributed by atoms with Gasteiger partial charge < -0.3 is 10.2 Å². The molecule has 0 atom stereocenters. The van der Waals surface area contributed by atoms with Crippen molar-refractivity contribution < 1.29 is 9.21 Å². The van der Waals surface area contributed by atoms with Gasteiger partial charge in [0, 0.05) is 6.20 Å². The minimum Gasteiger partial charge on any atom is -0.411 e. The molecule has 0 saturated carbocycles. The van der Waals surface area contributed by atoms with Gasteiger partial charge in [0.25, 0.3) is 5.89 Å². The van der Waals surface area contributed by atoms with E-state index in [1.165, 1.54) is 0 Å². The maximum Gasteiger partial charge on any atom is 0.306 e. The average Bonchev–Trinajstić information content (AvgIpc) is 2.68. The molecule has 2 aromatic heterocycles. The lowest BCUT2D eigenvalue weighted by molar-refractivity contribution is 0.0968. The molecule has 0 radical (unpaired) electrons. The van der Waals surface area contributed by atoms with E-state index < -0.39 is 5.91 Å². The summed E-state index contributed by atoms with van der Waals surface area (Å²) in [4.78, 5) is 14.6. The summed E-state index contributed by atoms with van der Waals surface area (Å²) in [6.07, 6.45) is 1.59. The Kier molecular flexibility index (Phi) is 1.94. The van der Waals surface area contributed by atoms with Gasteiger partial charge in [-0.15, -0.1) is 10.2 Å². The monoisotopic (exact) mass is 190 g/mol. The Morgan fingerprint density at radius 1 is 1.36 bits per heavy atom. The van der Waals surface area contributed by atoms with Gasteiger partial charge >= 0.3 is 11.8 Å². The van der Waals surface area contributed by atoms with E-state index in [4.69, 9.17) is 10.2 Å². The van der Waals surface area contributed by atoms with Crippen LogP contribution in [-0.4, -0.2) is 21.1 Å². The summed E-state index contributed by atoms with van der Waals surface area (Å²) in [7, 11) is 0. The Morgan fingerprint density at radius 2 is 2.21 bits per heavy atom. The fourth-order valence-corrected chi connectivity index (χ4v) is 0.916. The molecule has 2 N–H and O–H groups in total. The molecule has 70 valence electrons. The molecule has 6 heteroatoms. The van der Waals surface area contributed by atoms with Crippen LogP contribution in [0.5, 0.6) is 0 Å². The largest absolute Gasteiger partial charge is 0.411 e. The molecule has 0 aliphatic carbocycles. The van der Waals surface area contributed by atoms with Gasteiger partial charge in [0.2, 0.25) is 0 Å². The van der Waals surface area contributed by atoms with Gasteiger partial charge in [-0.3, -0.25) is 9.78 Å². The number of hydrogen-bond acceptors (Lipinski definition) is 5. The van der Waals surface area contributed by atoms with Crippen molar-refractivity contribution in [1.82, 2.24) is 15.2 Å². The number of pyridine rings is 1. The quantitative estimate of drug-likeness (QED) is 0.731. The van der Waals surface area contributed by atoms with Gasteiger partial charge in [0.05, 0.1) is 0 Å². The second-order valence-electron chi connectivity index (χ2n) is 2.49. The van der Waals surface area contributed by atoms with Crippen LogP contribution in [0.3, 0.4) is 0 Å². The number of carbonyl (C=O) groups excluding carboxylic acids is 1. The minimum absolute atomic E-state index is 0.180. The highest BCUT2D eigenvalue weighted by Gasteiger charge is 2.12. The van der Waals surface area contributed by atoms with E-state index >= 15 is 0 Å². The fraction of sp³-hybridized carbons (Fsp3) is 0. The summed E-state index contributed by atoms with van der Waals surface area (Å²) in [6, 6.07) is 5.23. The number of hydrogen-bond donors (Lipinski definition) is 1. The summed E-state index contributed by atoms with van der Waals surface area (Å²) >= 11 is 0. The lowest BCUT2D eigenvalue weighted by Crippen LogP contribution is -2.10. The normalized spacial score (nSPS) is 10.0. The van der Waals surface area contributed by atoms with Crippen molar-refractivity contribution in [2.24, 2.45) is 5.73 Å². The van der Waals surface area contributed by atoms with E-state index in [0.29, 0.717) is 5.69 Å². The first-order valence-electron chi connectivity index (χ1n) is 3.82. The van der Waals surface area contributed by atoms with Gasteiger partial charge in [-0.2, -0.15) is 0 Å². The summed E-state index contributed by atoms with van der Waals surface area (Å²) in [5.74, 6) is -0.787. The van der Waals surface area contributed by atoms with Crippen LogP contribution in [-0.2, 0) is 0 Å². The lowest BCUT2D eigenvalue weighted by atomic mass is 10.3. The van der Waals surface area contributed by atoms with Crippen LogP contribution in [0.15, 0.2) is 28.8 Å². The topological polar surface area (TPSA) is 94.9 Å². The number of nitrogens with zero attached hydrogens (tertiary/aromatic N) is 3. The van der Waals surface area contributed by atoms with Crippen LogP contribution in [0.25, 0.3) is 11.6 Å². The number of primary amides is 1. The van der Waals surface area contributed by atoms with Crippen LogP contribution in [0.4, 0.5) is 0 Å². The summed E-state index contributed by atoms with van der Waals surface area (Å²) in [5.41, 5.74) is 5.46. The highest BCUT2D eigenvalue weighted by Crippen LogP contribution is 2.13. The Balaban J connectivity index is 2.39. The molecule has 14 heavy (non-hydrogen) atoms. The van der Waals surface area contributed by atoms with Crippen molar-refractivity contribution in [3.8, 4) is 11.6 Å². The minimum atomic E-state index is -0.750. The molecule has 0 spiro atoms. The zero-order valence-corrected chi connectivity index (χ0v) is 7.04. The van der Waals surface area contributed by atoms with Crippen molar-refractivity contribution in [2.45, 2.75) is 0 Å². The van der Waals surface area contributed by atoms with Gasteiger partial charge in [-0.1, -0.05) is 6.07 Å². The van der Waals surface area contributed by atoms with Crippen LogP contribution in [0.1, 0.15) is 10.7 Å². The predicted octanol–water partition coefficient (Wildman–Crippen LogP) is 0.231. The van der Waals surface area contributed by atoms with E-state index in [-0.39, 0.29) is 11.8 Å². The Labute approximate surface area is 78.8 Å². The number of aromatic nitrogens is 3. The molecule has 6 nitrogen and oxygen atoms in total. The maximum absolute atomic E-state index is 10.7. The van der Waals surface area contributed by atoms with Crippen LogP contribution in [0.2, 0.25) is 0 Å². The molecule has 2 aromatic rings. The number of rotatable bonds is 2. The zero-order valence-electron chi connectivity index (χ0n) is 7.04. The van der Waals surface area contributed by atoms with Crippen LogP contribution < -0.4 is 5.73 Å². The molecular weight excluding hydrogens is 184 g/mol. The molecule has 0 aliphatic rings. The van der Waals surface area contributed by atoms with Crippen LogP contribution >= 0.6 is 0 Å². The first-order valence-corrected chi connectivity index (χ1v) is 3.82. The molecule has 1 amide bonds. The SMILES string of the molecule is NC(=O)c1nnc(-c2ccccn2)o1. The van der Waals surface area contributed by atoms with Gasteiger partial charge in [-0.25, -0.2) is 0 Å². The van der Waals surface area contributed by atoms with Crippen molar-refractivity contribution in [3.05, 3.63) is 30.3 Å². The van der Waals surface area contributed by atoms with Crippen molar-refractivity contribution >= 4 is 5.91 Å². The lowest BCUT2D eigenvalue weighted by Gasteiger charge is -1.89. The second kappa shape index (κ2) is 3.25. The molecule has 0 fully saturated rings. The zero-order chi connectivity index (χ0) is 9.97. The number of nitrogens with two attached hydrogens (primary N) is 1. The van der Waals surface area contributed by atoms with E-state index in [9.17, 15) is 4.79 Å². The van der Waals surface area contributed by atoms with E-state index in [0.717, 1.165) is 0 Å². The molecule has 0 aliphatic heterocycles. The summed E-state index contributed by atoms with van der Waals surface area (Å²) < 4.78 is 4.97. The van der Waals surface area contributed by atoms with Gasteiger partial charge in [0.15, 0.2) is 0 Å². The summed E-state index contributed by atoms with van der Waals surface area (Å²) in [5, 5.41) is 7.09. The second-order valence-corrected chi connectivity index (χ2v) is 2.49. The van der Waals surface area contributed by atoms with Gasteiger partial charge in [-0.05, 0) is 12.1 Å². The Bertz CT molecular complexity index is 451. The van der Waals surface area contributed by atoms with E-state index in [2.05, 4.69) is 15.2 Å². The predicted molar refractivity (Wildman–Crippen MR) is 46.0 cm³/mol. The molecule has 2 rings (SSSR count). The first-order chi connectivity index (χ1) is 6.77. The third-order valence-electron chi connectivity index (χ3n) is 1.52. The smallest absolute Gasteiger partial charge is 0.306 e. The Morgan fingerprint density at radius 3 is 2.79 bits per heavy atom. The highest BCUT2D eigenvalue weighted by atomic mass is 16.4. The third kappa shape index (κ3) is 1.45. The molecule has 0 saturated heterocycles. The molecular formula is C8H6N4O2. The van der Waals surface area contributed by atoms with Crippen molar-refractivity contribution in [3.63, 3.8) is 0 Å². The number of carbonyl (C=O) groups is 1. The first kappa shape index (κ1) is 8.36. The molecule has 0 aromatic carbocycles. The standard InChI is InChI=1S/C8H6N4O2/c9-6(13)8-12-11-7(14-8)5-3-1-2-4-10-5/h1-4H,(H2,9,13). The van der Waals surface area contributed by atoms with Crippen molar-refractivity contribution in [2.75, 3.05) is 0 Å². The average molecular weight is 190 g/mol.